The Bertz CT molecular complexity index is 1130. The number of aromatic nitrogens is 1. The highest BCUT2D eigenvalue weighted by Gasteiger charge is 2.30. The Kier molecular flexibility index (Phi) is 5.30. The monoisotopic (exact) mass is 435 g/mol. The summed E-state index contributed by atoms with van der Waals surface area (Å²) in [5, 5.41) is 6.42. The van der Waals surface area contributed by atoms with Crippen LogP contribution in [0.15, 0.2) is 48.5 Å². The minimum atomic E-state index is -0.309. The number of fused-ring (bicyclic) bond motifs is 2. The average molecular weight is 436 g/mol. The molecule has 0 saturated carbocycles. The van der Waals surface area contributed by atoms with Gasteiger partial charge in [0.05, 0.1) is 11.6 Å². The van der Waals surface area contributed by atoms with Gasteiger partial charge < -0.3 is 14.8 Å². The van der Waals surface area contributed by atoms with E-state index in [1.165, 1.54) is 11.3 Å². The van der Waals surface area contributed by atoms with Gasteiger partial charge in [-0.15, -0.1) is 11.3 Å². The van der Waals surface area contributed by atoms with Crippen LogP contribution in [0.5, 0.6) is 11.5 Å². The molecular weight excluding hydrogens is 414 g/mol. The van der Waals surface area contributed by atoms with Gasteiger partial charge in [-0.3, -0.25) is 14.9 Å². The summed E-state index contributed by atoms with van der Waals surface area (Å²) in [5.74, 6) is 0.862. The third-order valence-corrected chi connectivity index (χ3v) is 6.48. The van der Waals surface area contributed by atoms with Crippen LogP contribution in [0.2, 0.25) is 0 Å². The second-order valence-electron chi connectivity index (χ2n) is 7.50. The Hall–Kier alpha value is -3.39. The molecule has 0 spiro atoms. The van der Waals surface area contributed by atoms with Gasteiger partial charge in [0.25, 0.3) is 5.91 Å². The first-order chi connectivity index (χ1) is 15.2. The van der Waals surface area contributed by atoms with E-state index < -0.39 is 0 Å². The molecule has 1 aliphatic carbocycles. The van der Waals surface area contributed by atoms with Crippen LogP contribution in [0.4, 0.5) is 5.13 Å². The molecule has 7 nitrogen and oxygen atoms in total. The Labute approximate surface area is 183 Å². The first kappa shape index (κ1) is 19.6. The zero-order valence-corrected chi connectivity index (χ0v) is 17.5. The molecule has 2 amide bonds. The van der Waals surface area contributed by atoms with E-state index in [2.05, 4.69) is 15.6 Å². The molecule has 1 aliphatic heterocycles. The lowest BCUT2D eigenvalue weighted by Gasteiger charge is -2.20. The van der Waals surface area contributed by atoms with E-state index >= 15 is 0 Å². The first-order valence-electron chi connectivity index (χ1n) is 10.2. The van der Waals surface area contributed by atoms with Gasteiger partial charge in [-0.25, -0.2) is 4.98 Å². The highest BCUT2D eigenvalue weighted by molar-refractivity contribution is 7.16. The summed E-state index contributed by atoms with van der Waals surface area (Å²) in [6, 6.07) is 14.7. The Morgan fingerprint density at radius 2 is 1.94 bits per heavy atom. The SMILES string of the molecule is O=C(Nc1nc2c(s1)CCC[C@H]2C(=O)NCc1ccc2c(c1)OCO2)c1ccccc1. The number of hydrogen-bond acceptors (Lipinski definition) is 6. The topological polar surface area (TPSA) is 89.6 Å². The summed E-state index contributed by atoms with van der Waals surface area (Å²) in [6.45, 7) is 0.631. The van der Waals surface area contributed by atoms with Crippen LogP contribution in [0.1, 0.15) is 45.3 Å². The van der Waals surface area contributed by atoms with E-state index in [-0.39, 0.29) is 24.5 Å². The standard InChI is InChI=1S/C23H21N3O4S/c27-21(15-5-2-1-3-6-15)26-23-25-20-16(7-4-8-19(20)31-23)22(28)24-12-14-9-10-17-18(11-14)30-13-29-17/h1-3,5-6,9-11,16H,4,7-8,12-13H2,(H,24,28)(H,25,26,27)/t16-/m1/s1. The predicted octanol–water partition coefficient (Wildman–Crippen LogP) is 3.86. The highest BCUT2D eigenvalue weighted by atomic mass is 32.1. The van der Waals surface area contributed by atoms with Gasteiger partial charge >= 0.3 is 0 Å². The van der Waals surface area contributed by atoms with Crippen molar-refractivity contribution >= 4 is 28.3 Å². The lowest BCUT2D eigenvalue weighted by molar-refractivity contribution is -0.123. The van der Waals surface area contributed by atoms with Crippen LogP contribution in [0.25, 0.3) is 0 Å². The van der Waals surface area contributed by atoms with Crippen LogP contribution in [-0.2, 0) is 17.8 Å². The molecule has 0 radical (unpaired) electrons. The van der Waals surface area contributed by atoms with Gasteiger partial charge in [0.15, 0.2) is 16.6 Å². The molecule has 0 fully saturated rings. The summed E-state index contributed by atoms with van der Waals surface area (Å²) in [4.78, 5) is 31.0. The van der Waals surface area contributed by atoms with Gasteiger partial charge in [-0.05, 0) is 49.1 Å². The normalized spacial score (nSPS) is 16.5. The number of aryl methyl sites for hydroxylation is 1. The Morgan fingerprint density at radius 1 is 1.10 bits per heavy atom. The lowest BCUT2D eigenvalue weighted by Crippen LogP contribution is -2.31. The largest absolute Gasteiger partial charge is 0.454 e. The lowest BCUT2D eigenvalue weighted by atomic mass is 9.90. The van der Waals surface area contributed by atoms with Crippen molar-refractivity contribution in [1.29, 1.82) is 0 Å². The number of benzene rings is 2. The molecular formula is C23H21N3O4S. The molecule has 0 saturated heterocycles. The van der Waals surface area contributed by atoms with Crippen molar-refractivity contribution in [2.75, 3.05) is 12.1 Å². The van der Waals surface area contributed by atoms with E-state index in [0.29, 0.717) is 23.0 Å². The number of rotatable bonds is 5. The molecule has 31 heavy (non-hydrogen) atoms. The van der Waals surface area contributed by atoms with Crippen molar-refractivity contribution in [3.8, 4) is 11.5 Å². The van der Waals surface area contributed by atoms with Gasteiger partial charge in [0.2, 0.25) is 12.7 Å². The van der Waals surface area contributed by atoms with E-state index in [9.17, 15) is 9.59 Å². The second kappa shape index (κ2) is 8.39. The quantitative estimate of drug-likeness (QED) is 0.635. The number of ether oxygens (including phenoxy) is 2. The van der Waals surface area contributed by atoms with E-state index in [1.54, 1.807) is 12.1 Å². The molecule has 158 valence electrons. The maximum absolute atomic E-state index is 12.9. The third-order valence-electron chi connectivity index (χ3n) is 5.43. The number of nitrogens with one attached hydrogen (secondary N) is 2. The van der Waals surface area contributed by atoms with Gasteiger partial charge in [-0.2, -0.15) is 0 Å². The molecule has 2 N–H and O–H groups in total. The molecule has 2 aliphatic rings. The van der Waals surface area contributed by atoms with Crippen molar-refractivity contribution < 1.29 is 19.1 Å². The summed E-state index contributed by atoms with van der Waals surface area (Å²) in [7, 11) is 0. The second-order valence-corrected chi connectivity index (χ2v) is 8.58. The third kappa shape index (κ3) is 4.11. The maximum atomic E-state index is 12.9. The fourth-order valence-corrected chi connectivity index (χ4v) is 4.91. The Balaban J connectivity index is 1.26. The predicted molar refractivity (Wildman–Crippen MR) is 117 cm³/mol. The smallest absolute Gasteiger partial charge is 0.257 e. The minimum Gasteiger partial charge on any atom is -0.454 e. The first-order valence-corrected chi connectivity index (χ1v) is 11.0. The van der Waals surface area contributed by atoms with E-state index in [1.807, 2.05) is 36.4 Å². The van der Waals surface area contributed by atoms with E-state index in [0.717, 1.165) is 41.1 Å². The van der Waals surface area contributed by atoms with E-state index in [4.69, 9.17) is 9.47 Å². The van der Waals surface area contributed by atoms with Crippen molar-refractivity contribution in [3.05, 3.63) is 70.2 Å². The molecule has 1 aromatic heterocycles. The molecule has 1 atom stereocenters. The van der Waals surface area contributed by atoms with Crippen LogP contribution in [-0.4, -0.2) is 23.6 Å². The van der Waals surface area contributed by atoms with Crippen LogP contribution >= 0.6 is 11.3 Å². The maximum Gasteiger partial charge on any atom is 0.257 e. The Morgan fingerprint density at radius 3 is 2.81 bits per heavy atom. The van der Waals surface area contributed by atoms with Gasteiger partial charge in [0.1, 0.15) is 0 Å². The molecule has 2 heterocycles. The molecule has 5 rings (SSSR count). The number of anilines is 1. The minimum absolute atomic E-state index is 0.0511. The van der Waals surface area contributed by atoms with Crippen LogP contribution in [0, 0.1) is 0 Å². The molecule has 2 aromatic carbocycles. The molecule has 8 heteroatoms. The fourth-order valence-electron chi connectivity index (χ4n) is 3.85. The average Bonchev–Trinajstić information content (AvgIpc) is 3.43. The number of carbonyl (C=O) groups excluding carboxylic acids is 2. The van der Waals surface area contributed by atoms with Gasteiger partial charge in [0, 0.05) is 17.0 Å². The molecule has 0 bridgehead atoms. The van der Waals surface area contributed by atoms with Crippen LogP contribution in [0.3, 0.4) is 0 Å². The zero-order valence-electron chi connectivity index (χ0n) is 16.7. The van der Waals surface area contributed by atoms with Crippen molar-refractivity contribution in [2.45, 2.75) is 31.7 Å². The van der Waals surface area contributed by atoms with Crippen LogP contribution < -0.4 is 20.1 Å². The number of thiazole rings is 1. The summed E-state index contributed by atoms with van der Waals surface area (Å²) >= 11 is 1.45. The summed E-state index contributed by atoms with van der Waals surface area (Å²) in [5.41, 5.74) is 2.30. The van der Waals surface area contributed by atoms with Crippen molar-refractivity contribution in [3.63, 3.8) is 0 Å². The summed E-state index contributed by atoms with van der Waals surface area (Å²) in [6.07, 6.45) is 2.54. The zero-order chi connectivity index (χ0) is 21.2. The molecule has 0 unspecified atom stereocenters. The van der Waals surface area contributed by atoms with Crippen molar-refractivity contribution in [1.82, 2.24) is 10.3 Å². The fraction of sp³-hybridized carbons (Fsp3) is 0.261. The van der Waals surface area contributed by atoms with Gasteiger partial charge in [-0.1, -0.05) is 24.3 Å². The van der Waals surface area contributed by atoms with Crippen molar-refractivity contribution in [2.24, 2.45) is 0 Å². The number of nitrogens with zero attached hydrogens (tertiary/aromatic N) is 1. The molecule has 3 aromatic rings. The highest BCUT2D eigenvalue weighted by Crippen LogP contribution is 2.37. The number of amides is 2. The summed E-state index contributed by atoms with van der Waals surface area (Å²) < 4.78 is 10.7. The number of carbonyl (C=O) groups is 2. The number of hydrogen-bond donors (Lipinski definition) is 2.